The van der Waals surface area contributed by atoms with E-state index in [1.165, 1.54) is 0 Å². The number of nitrogens with one attached hydrogen (secondary N) is 1. The largest absolute Gasteiger partial charge is 0.492 e. The average molecular weight is 275 g/mol. The van der Waals surface area contributed by atoms with Crippen molar-refractivity contribution in [3.8, 4) is 5.75 Å². The van der Waals surface area contributed by atoms with Crippen molar-refractivity contribution in [3.05, 3.63) is 30.3 Å². The molecule has 2 nitrogen and oxygen atoms in total. The van der Waals surface area contributed by atoms with Gasteiger partial charge in [-0.2, -0.15) is 13.2 Å². The SMILES string of the molecule is CCCNC(CCC(F)(F)F)COc1ccccc1. The Bertz CT molecular complexity index is 340. The van der Waals surface area contributed by atoms with E-state index in [-0.39, 0.29) is 19.1 Å². The lowest BCUT2D eigenvalue weighted by molar-refractivity contribution is -0.137. The van der Waals surface area contributed by atoms with Crippen LogP contribution in [-0.4, -0.2) is 25.4 Å². The van der Waals surface area contributed by atoms with E-state index in [1.807, 2.05) is 25.1 Å². The molecule has 1 aromatic carbocycles. The Balaban J connectivity index is 2.40. The molecule has 0 saturated carbocycles. The van der Waals surface area contributed by atoms with E-state index in [2.05, 4.69) is 5.32 Å². The molecule has 0 radical (unpaired) electrons. The Morgan fingerprint density at radius 1 is 1.21 bits per heavy atom. The standard InChI is InChI=1S/C14H20F3NO/c1-2-10-18-12(8-9-14(15,16)17)11-19-13-6-4-3-5-7-13/h3-7,12,18H,2,8-11H2,1H3. The molecule has 1 atom stereocenters. The van der Waals surface area contributed by atoms with E-state index in [9.17, 15) is 13.2 Å². The molecule has 0 aliphatic rings. The molecule has 0 amide bonds. The smallest absolute Gasteiger partial charge is 0.389 e. The van der Waals surface area contributed by atoms with Gasteiger partial charge in [0.2, 0.25) is 0 Å². The van der Waals surface area contributed by atoms with Crippen LogP contribution in [0.5, 0.6) is 5.75 Å². The van der Waals surface area contributed by atoms with Crippen molar-refractivity contribution < 1.29 is 17.9 Å². The fraction of sp³-hybridized carbons (Fsp3) is 0.571. The van der Waals surface area contributed by atoms with Crippen LogP contribution in [0, 0.1) is 0 Å². The van der Waals surface area contributed by atoms with Gasteiger partial charge in [-0.05, 0) is 31.5 Å². The molecule has 0 aliphatic carbocycles. The number of rotatable bonds is 8. The highest BCUT2D eigenvalue weighted by Crippen LogP contribution is 2.22. The van der Waals surface area contributed by atoms with Crippen LogP contribution >= 0.6 is 0 Å². The number of para-hydroxylation sites is 1. The summed E-state index contributed by atoms with van der Waals surface area (Å²) in [7, 11) is 0. The zero-order chi connectivity index (χ0) is 14.1. The molecule has 1 unspecified atom stereocenters. The van der Waals surface area contributed by atoms with Crippen LogP contribution in [0.4, 0.5) is 13.2 Å². The number of hydrogen-bond acceptors (Lipinski definition) is 2. The van der Waals surface area contributed by atoms with E-state index in [0.717, 1.165) is 6.42 Å². The van der Waals surface area contributed by atoms with Gasteiger partial charge in [-0.3, -0.25) is 0 Å². The summed E-state index contributed by atoms with van der Waals surface area (Å²) in [6.07, 6.45) is -3.98. The zero-order valence-corrected chi connectivity index (χ0v) is 11.0. The molecule has 0 heterocycles. The molecule has 0 bridgehead atoms. The summed E-state index contributed by atoms with van der Waals surface area (Å²) in [4.78, 5) is 0. The molecule has 1 N–H and O–H groups in total. The lowest BCUT2D eigenvalue weighted by atomic mass is 10.1. The average Bonchev–Trinajstić information content (AvgIpc) is 2.38. The molecular weight excluding hydrogens is 255 g/mol. The van der Waals surface area contributed by atoms with Crippen molar-refractivity contribution in [2.45, 2.75) is 38.4 Å². The lowest BCUT2D eigenvalue weighted by Gasteiger charge is -2.19. The van der Waals surface area contributed by atoms with Gasteiger partial charge in [-0.15, -0.1) is 0 Å². The minimum absolute atomic E-state index is 0.0380. The topological polar surface area (TPSA) is 21.3 Å². The normalized spacial score (nSPS) is 13.3. The second kappa shape index (κ2) is 8.04. The number of hydrogen-bond donors (Lipinski definition) is 1. The van der Waals surface area contributed by atoms with Crippen LogP contribution in [0.2, 0.25) is 0 Å². The monoisotopic (exact) mass is 275 g/mol. The van der Waals surface area contributed by atoms with Crippen LogP contribution in [0.3, 0.4) is 0 Å². The van der Waals surface area contributed by atoms with Gasteiger partial charge >= 0.3 is 6.18 Å². The third kappa shape index (κ3) is 7.72. The Morgan fingerprint density at radius 3 is 2.47 bits per heavy atom. The summed E-state index contributed by atoms with van der Waals surface area (Å²) in [5, 5.41) is 3.09. The molecular formula is C14H20F3NO. The number of benzene rings is 1. The second-order valence-electron chi connectivity index (χ2n) is 4.43. The van der Waals surface area contributed by atoms with Crippen molar-refractivity contribution in [2.75, 3.05) is 13.2 Å². The zero-order valence-electron chi connectivity index (χ0n) is 11.0. The maximum atomic E-state index is 12.2. The molecule has 19 heavy (non-hydrogen) atoms. The van der Waals surface area contributed by atoms with Crippen LogP contribution in [0.15, 0.2) is 30.3 Å². The molecule has 1 rings (SSSR count). The fourth-order valence-electron chi connectivity index (χ4n) is 1.64. The maximum absolute atomic E-state index is 12.2. The highest BCUT2D eigenvalue weighted by Gasteiger charge is 2.28. The summed E-state index contributed by atoms with van der Waals surface area (Å²) < 4.78 is 42.2. The summed E-state index contributed by atoms with van der Waals surface area (Å²) in [6, 6.07) is 8.84. The molecule has 0 aromatic heterocycles. The first kappa shape index (κ1) is 15.8. The molecule has 0 fully saturated rings. The second-order valence-corrected chi connectivity index (χ2v) is 4.43. The van der Waals surface area contributed by atoms with Crippen molar-refractivity contribution in [1.29, 1.82) is 0 Å². The predicted molar refractivity (Wildman–Crippen MR) is 69.3 cm³/mol. The van der Waals surface area contributed by atoms with Gasteiger partial charge < -0.3 is 10.1 Å². The van der Waals surface area contributed by atoms with E-state index in [0.29, 0.717) is 12.3 Å². The lowest BCUT2D eigenvalue weighted by Crippen LogP contribution is -2.36. The molecule has 5 heteroatoms. The predicted octanol–water partition coefficient (Wildman–Crippen LogP) is 3.78. The van der Waals surface area contributed by atoms with Crippen molar-refractivity contribution >= 4 is 0 Å². The minimum Gasteiger partial charge on any atom is -0.492 e. The van der Waals surface area contributed by atoms with Gasteiger partial charge in [-0.1, -0.05) is 25.1 Å². The third-order valence-corrected chi connectivity index (χ3v) is 2.65. The van der Waals surface area contributed by atoms with E-state index in [4.69, 9.17) is 4.74 Å². The maximum Gasteiger partial charge on any atom is 0.389 e. The molecule has 0 aliphatic heterocycles. The summed E-state index contributed by atoms with van der Waals surface area (Å²) in [5.74, 6) is 0.679. The van der Waals surface area contributed by atoms with Crippen molar-refractivity contribution in [2.24, 2.45) is 0 Å². The highest BCUT2D eigenvalue weighted by atomic mass is 19.4. The Kier molecular flexibility index (Phi) is 6.70. The highest BCUT2D eigenvalue weighted by molar-refractivity contribution is 5.20. The van der Waals surface area contributed by atoms with Crippen LogP contribution in [0.1, 0.15) is 26.2 Å². The van der Waals surface area contributed by atoms with Crippen LogP contribution in [0.25, 0.3) is 0 Å². The van der Waals surface area contributed by atoms with E-state index < -0.39 is 12.6 Å². The number of alkyl halides is 3. The van der Waals surface area contributed by atoms with Gasteiger partial charge in [0.1, 0.15) is 12.4 Å². The van der Waals surface area contributed by atoms with Gasteiger partial charge in [0.15, 0.2) is 0 Å². The Labute approximate surface area is 112 Å². The van der Waals surface area contributed by atoms with Crippen molar-refractivity contribution in [3.63, 3.8) is 0 Å². The first-order valence-electron chi connectivity index (χ1n) is 6.49. The van der Waals surface area contributed by atoms with Crippen LogP contribution < -0.4 is 10.1 Å². The molecule has 1 aromatic rings. The third-order valence-electron chi connectivity index (χ3n) is 2.65. The van der Waals surface area contributed by atoms with Gasteiger partial charge in [0, 0.05) is 12.5 Å². The van der Waals surface area contributed by atoms with Gasteiger partial charge in [0.05, 0.1) is 0 Å². The number of halogens is 3. The summed E-state index contributed by atoms with van der Waals surface area (Å²) in [6.45, 7) is 2.92. The molecule has 0 saturated heterocycles. The van der Waals surface area contributed by atoms with Gasteiger partial charge in [-0.25, -0.2) is 0 Å². The summed E-state index contributed by atoms with van der Waals surface area (Å²) >= 11 is 0. The summed E-state index contributed by atoms with van der Waals surface area (Å²) in [5.41, 5.74) is 0. The van der Waals surface area contributed by atoms with E-state index in [1.54, 1.807) is 12.1 Å². The van der Waals surface area contributed by atoms with E-state index >= 15 is 0 Å². The minimum atomic E-state index is -4.11. The van der Waals surface area contributed by atoms with Crippen LogP contribution in [-0.2, 0) is 0 Å². The first-order chi connectivity index (χ1) is 9.01. The quantitative estimate of drug-likeness (QED) is 0.779. The first-order valence-corrected chi connectivity index (χ1v) is 6.49. The van der Waals surface area contributed by atoms with Gasteiger partial charge in [0.25, 0.3) is 0 Å². The Hall–Kier alpha value is -1.23. The van der Waals surface area contributed by atoms with Crippen molar-refractivity contribution in [1.82, 2.24) is 5.32 Å². The molecule has 0 spiro atoms. The fourth-order valence-corrected chi connectivity index (χ4v) is 1.64. The Morgan fingerprint density at radius 2 is 1.89 bits per heavy atom. The molecule has 108 valence electrons. The number of ether oxygens (including phenoxy) is 1.